The molecule has 2 heteroatoms. The average Bonchev–Trinajstić information content (AvgIpc) is 2.62. The Hall–Kier alpha value is -0.790. The van der Waals surface area contributed by atoms with E-state index in [9.17, 15) is 9.90 Å². The summed E-state index contributed by atoms with van der Waals surface area (Å²) in [7, 11) is 0. The third kappa shape index (κ3) is 6.79. The first-order chi connectivity index (χ1) is 12.1. The molecule has 2 rings (SSSR count). The van der Waals surface area contributed by atoms with Crippen LogP contribution in [0.2, 0.25) is 0 Å². The molecule has 2 saturated carbocycles. The van der Waals surface area contributed by atoms with Crippen molar-refractivity contribution in [2.24, 2.45) is 23.7 Å². The Balaban J connectivity index is 1.68. The van der Waals surface area contributed by atoms with Crippen molar-refractivity contribution in [2.45, 2.75) is 104 Å². The van der Waals surface area contributed by atoms with E-state index in [1.54, 1.807) is 0 Å². The fourth-order valence-corrected chi connectivity index (χ4v) is 5.18. The minimum Gasteiger partial charge on any atom is -0.478 e. The molecule has 2 aliphatic carbocycles. The van der Waals surface area contributed by atoms with Gasteiger partial charge in [0.1, 0.15) is 0 Å². The van der Waals surface area contributed by atoms with Gasteiger partial charge in [-0.15, -0.1) is 0 Å². The van der Waals surface area contributed by atoms with Crippen LogP contribution < -0.4 is 0 Å². The summed E-state index contributed by atoms with van der Waals surface area (Å²) in [4.78, 5) is 11.5. The number of carbonyl (C=O) groups is 1. The van der Waals surface area contributed by atoms with Gasteiger partial charge in [-0.25, -0.2) is 4.79 Å². The van der Waals surface area contributed by atoms with Gasteiger partial charge in [0.05, 0.1) is 0 Å². The van der Waals surface area contributed by atoms with Crippen LogP contribution in [0.5, 0.6) is 0 Å². The molecule has 144 valence electrons. The van der Waals surface area contributed by atoms with Crippen molar-refractivity contribution in [3.05, 3.63) is 11.6 Å². The molecule has 1 N–H and O–H groups in total. The lowest BCUT2D eigenvalue weighted by molar-refractivity contribution is -0.133. The molecule has 0 atom stereocenters. The lowest BCUT2D eigenvalue weighted by atomic mass is 9.73. The Labute approximate surface area is 155 Å². The summed E-state index contributed by atoms with van der Waals surface area (Å²) in [6.45, 7) is 4.43. The normalized spacial score (nSPS) is 31.0. The number of aliphatic carboxylic acids is 1. The summed E-state index contributed by atoms with van der Waals surface area (Å²) in [5.74, 6) is 2.47. The molecule has 0 radical (unpaired) electrons. The van der Waals surface area contributed by atoms with Crippen molar-refractivity contribution >= 4 is 5.97 Å². The Morgan fingerprint density at radius 3 is 1.72 bits per heavy atom. The molecule has 0 aliphatic heterocycles. The van der Waals surface area contributed by atoms with Gasteiger partial charge in [-0.05, 0) is 55.8 Å². The third-order valence-electron chi connectivity index (χ3n) is 6.83. The van der Waals surface area contributed by atoms with Crippen molar-refractivity contribution in [1.29, 1.82) is 0 Å². The molecule has 2 fully saturated rings. The van der Waals surface area contributed by atoms with Crippen LogP contribution in [-0.4, -0.2) is 11.1 Å². The van der Waals surface area contributed by atoms with Crippen LogP contribution in [0.1, 0.15) is 104 Å². The van der Waals surface area contributed by atoms with Crippen LogP contribution in [0.3, 0.4) is 0 Å². The van der Waals surface area contributed by atoms with Gasteiger partial charge in [0.25, 0.3) is 0 Å². The highest BCUT2D eigenvalue weighted by atomic mass is 16.4. The van der Waals surface area contributed by atoms with Gasteiger partial charge in [0.2, 0.25) is 0 Å². The second kappa shape index (κ2) is 11.0. The zero-order valence-corrected chi connectivity index (χ0v) is 16.6. The molecule has 0 amide bonds. The molecule has 2 nitrogen and oxygen atoms in total. The Morgan fingerprint density at radius 2 is 1.28 bits per heavy atom. The molecule has 25 heavy (non-hydrogen) atoms. The average molecular weight is 349 g/mol. The zero-order valence-electron chi connectivity index (χ0n) is 16.6. The number of hydrogen-bond acceptors (Lipinski definition) is 1. The first-order valence-electron chi connectivity index (χ1n) is 11.1. The highest BCUT2D eigenvalue weighted by molar-refractivity contribution is 5.87. The molecule has 0 aromatic heterocycles. The number of rotatable bonds is 9. The summed E-state index contributed by atoms with van der Waals surface area (Å²) in [5.41, 5.74) is 0.703. The minimum atomic E-state index is -0.680. The van der Waals surface area contributed by atoms with E-state index < -0.39 is 5.97 Å². The zero-order chi connectivity index (χ0) is 18.1. The second-order valence-electron chi connectivity index (χ2n) is 8.72. The molecule has 0 saturated heterocycles. The highest BCUT2D eigenvalue weighted by Crippen LogP contribution is 2.39. The van der Waals surface area contributed by atoms with E-state index in [1.807, 2.05) is 6.08 Å². The molecule has 0 spiro atoms. The quantitative estimate of drug-likeness (QED) is 0.456. The molecule has 0 unspecified atom stereocenters. The van der Waals surface area contributed by atoms with Crippen molar-refractivity contribution in [2.75, 3.05) is 0 Å². The lowest BCUT2D eigenvalue weighted by Crippen LogP contribution is -2.21. The van der Waals surface area contributed by atoms with Gasteiger partial charge >= 0.3 is 5.97 Å². The largest absolute Gasteiger partial charge is 0.478 e. The fourth-order valence-electron chi connectivity index (χ4n) is 5.18. The smallest absolute Gasteiger partial charge is 0.331 e. The number of hydrogen-bond donors (Lipinski definition) is 1. The summed E-state index contributed by atoms with van der Waals surface area (Å²) in [5, 5.41) is 9.48. The Kier molecular flexibility index (Phi) is 9.06. The molecular weight excluding hydrogens is 308 g/mol. The summed E-state index contributed by atoms with van der Waals surface area (Å²) >= 11 is 0. The second-order valence-corrected chi connectivity index (χ2v) is 8.72. The summed E-state index contributed by atoms with van der Waals surface area (Å²) in [6, 6.07) is 0. The van der Waals surface area contributed by atoms with Gasteiger partial charge in [0.15, 0.2) is 0 Å². The van der Waals surface area contributed by atoms with Gasteiger partial charge in [-0.2, -0.15) is 0 Å². The van der Waals surface area contributed by atoms with E-state index in [1.165, 1.54) is 64.2 Å². The van der Waals surface area contributed by atoms with Crippen LogP contribution >= 0.6 is 0 Å². The Bertz CT molecular complexity index is 410. The standard InChI is InChI=1S/C23H40O2/c1-3-5-7-22(23(24)25)21-16-14-20(15-17-21)13-12-19-10-8-18(6-4-2)9-11-19/h7,18-21H,3-6,8-17H2,1-2H3,(H,24,25). The molecule has 0 bridgehead atoms. The fraction of sp³-hybridized carbons (Fsp3) is 0.870. The van der Waals surface area contributed by atoms with Crippen LogP contribution in [0, 0.1) is 23.7 Å². The monoisotopic (exact) mass is 348 g/mol. The Morgan fingerprint density at radius 1 is 0.800 bits per heavy atom. The van der Waals surface area contributed by atoms with E-state index in [4.69, 9.17) is 0 Å². The topological polar surface area (TPSA) is 37.3 Å². The maximum atomic E-state index is 11.5. The van der Waals surface area contributed by atoms with E-state index >= 15 is 0 Å². The van der Waals surface area contributed by atoms with Crippen LogP contribution in [0.25, 0.3) is 0 Å². The van der Waals surface area contributed by atoms with Crippen molar-refractivity contribution in [3.8, 4) is 0 Å². The molecular formula is C23H40O2. The predicted octanol–water partition coefficient (Wildman–Crippen LogP) is 6.99. The van der Waals surface area contributed by atoms with Gasteiger partial charge in [-0.3, -0.25) is 0 Å². The van der Waals surface area contributed by atoms with Crippen LogP contribution in [0.4, 0.5) is 0 Å². The van der Waals surface area contributed by atoms with E-state index in [0.29, 0.717) is 11.5 Å². The number of carboxylic acids is 1. The predicted molar refractivity (Wildman–Crippen MR) is 106 cm³/mol. The summed E-state index contributed by atoms with van der Waals surface area (Å²) in [6.07, 6.45) is 20.1. The number of carboxylic acid groups (broad SMARTS) is 1. The van der Waals surface area contributed by atoms with Gasteiger partial charge in [0, 0.05) is 5.57 Å². The first kappa shape index (κ1) is 20.5. The SMILES string of the molecule is CCCC=C(C(=O)O)C1CCC(CCC2CCC(CCC)CC2)CC1. The van der Waals surface area contributed by atoms with Gasteiger partial charge in [-0.1, -0.05) is 77.7 Å². The van der Waals surface area contributed by atoms with E-state index in [2.05, 4.69) is 13.8 Å². The van der Waals surface area contributed by atoms with Crippen LogP contribution in [0.15, 0.2) is 11.6 Å². The third-order valence-corrected chi connectivity index (χ3v) is 6.83. The highest BCUT2D eigenvalue weighted by Gasteiger charge is 2.28. The van der Waals surface area contributed by atoms with Crippen LogP contribution in [-0.2, 0) is 4.79 Å². The molecule has 2 aliphatic rings. The van der Waals surface area contributed by atoms with E-state index in [0.717, 1.165) is 43.4 Å². The molecule has 0 heterocycles. The van der Waals surface area contributed by atoms with E-state index in [-0.39, 0.29) is 0 Å². The van der Waals surface area contributed by atoms with Crippen molar-refractivity contribution in [1.82, 2.24) is 0 Å². The maximum Gasteiger partial charge on any atom is 0.331 e. The maximum absolute atomic E-state index is 11.5. The number of allylic oxidation sites excluding steroid dienone is 1. The minimum absolute atomic E-state index is 0.310. The molecule has 0 aromatic rings. The van der Waals surface area contributed by atoms with Crippen molar-refractivity contribution < 1.29 is 9.90 Å². The summed E-state index contributed by atoms with van der Waals surface area (Å²) < 4.78 is 0. The van der Waals surface area contributed by atoms with Crippen molar-refractivity contribution in [3.63, 3.8) is 0 Å². The number of unbranched alkanes of at least 4 members (excludes halogenated alkanes) is 1. The lowest BCUT2D eigenvalue weighted by Gasteiger charge is -2.32. The van der Waals surface area contributed by atoms with Gasteiger partial charge < -0.3 is 5.11 Å². The first-order valence-corrected chi connectivity index (χ1v) is 11.1. The molecule has 0 aromatic carbocycles.